The Bertz CT molecular complexity index is 1070. The summed E-state index contributed by atoms with van der Waals surface area (Å²) in [5, 5.41) is 3.70. The Morgan fingerprint density at radius 1 is 1.02 bits per heavy atom. The Morgan fingerprint density at radius 2 is 1.70 bits per heavy atom. The summed E-state index contributed by atoms with van der Waals surface area (Å²) in [6.07, 6.45) is 6.10. The molecule has 0 spiro atoms. The van der Waals surface area contributed by atoms with E-state index in [9.17, 15) is 14.4 Å². The molecule has 0 radical (unpaired) electrons. The molecule has 1 aliphatic carbocycles. The van der Waals surface area contributed by atoms with Gasteiger partial charge in [0.1, 0.15) is 5.60 Å². The number of ether oxygens (including phenoxy) is 1. The lowest BCUT2D eigenvalue weighted by atomic mass is 9.93. The van der Waals surface area contributed by atoms with Gasteiger partial charge in [-0.1, -0.05) is 24.4 Å². The summed E-state index contributed by atoms with van der Waals surface area (Å²) >= 11 is 6.50. The lowest BCUT2D eigenvalue weighted by Crippen LogP contribution is -2.54. The van der Waals surface area contributed by atoms with Crippen LogP contribution in [0.2, 0.25) is 5.02 Å². The predicted octanol–water partition coefficient (Wildman–Crippen LogP) is 5.85. The second-order valence-corrected chi connectivity index (χ2v) is 13.4. The molecule has 3 aliphatic rings. The van der Waals surface area contributed by atoms with Gasteiger partial charge in [0, 0.05) is 68.4 Å². The topological polar surface area (TPSA) is 82.2 Å². The van der Waals surface area contributed by atoms with Gasteiger partial charge < -0.3 is 19.9 Å². The minimum atomic E-state index is -0.512. The molecule has 8 nitrogen and oxygen atoms in total. The highest BCUT2D eigenvalue weighted by Gasteiger charge is 2.33. The lowest BCUT2D eigenvalue weighted by molar-refractivity contribution is -0.140. The summed E-state index contributed by atoms with van der Waals surface area (Å²) in [5.74, 6) is 0.749. The van der Waals surface area contributed by atoms with Crippen LogP contribution in [0, 0.1) is 18.8 Å². The Labute approximate surface area is 244 Å². The molecule has 9 heteroatoms. The summed E-state index contributed by atoms with van der Waals surface area (Å²) < 4.78 is 5.48. The van der Waals surface area contributed by atoms with Crippen LogP contribution in [0.25, 0.3) is 0 Å². The molecule has 1 atom stereocenters. The number of nitrogens with zero attached hydrogens (tertiary/aromatic N) is 3. The molecule has 222 valence electrons. The molecule has 2 aliphatic heterocycles. The average molecular weight is 575 g/mol. The van der Waals surface area contributed by atoms with E-state index >= 15 is 0 Å². The van der Waals surface area contributed by atoms with Gasteiger partial charge in [-0.15, -0.1) is 0 Å². The van der Waals surface area contributed by atoms with Crippen molar-refractivity contribution in [1.29, 1.82) is 0 Å². The zero-order chi connectivity index (χ0) is 29.0. The maximum atomic E-state index is 13.0. The molecule has 1 aromatic carbocycles. The van der Waals surface area contributed by atoms with Gasteiger partial charge in [0.15, 0.2) is 0 Å². The highest BCUT2D eigenvalue weighted by atomic mass is 35.5. The first-order valence-electron chi connectivity index (χ1n) is 15.0. The van der Waals surface area contributed by atoms with Crippen molar-refractivity contribution in [3.63, 3.8) is 0 Å². The second kappa shape index (κ2) is 13.1. The van der Waals surface area contributed by atoms with E-state index in [1.54, 1.807) is 4.90 Å². The van der Waals surface area contributed by atoms with Crippen LogP contribution >= 0.6 is 11.6 Å². The van der Waals surface area contributed by atoms with Crippen molar-refractivity contribution in [3.8, 4) is 0 Å². The average Bonchev–Trinajstić information content (AvgIpc) is 3.41. The zero-order valence-electron chi connectivity index (χ0n) is 24.9. The van der Waals surface area contributed by atoms with Crippen LogP contribution in [-0.2, 0) is 20.9 Å². The lowest BCUT2D eigenvalue weighted by Gasteiger charge is -2.41. The molecule has 2 saturated heterocycles. The van der Waals surface area contributed by atoms with Gasteiger partial charge >= 0.3 is 6.09 Å². The summed E-state index contributed by atoms with van der Waals surface area (Å²) in [6, 6.07) is 3.99. The van der Waals surface area contributed by atoms with Crippen molar-refractivity contribution < 1.29 is 19.1 Å². The van der Waals surface area contributed by atoms with Crippen molar-refractivity contribution in [2.24, 2.45) is 11.8 Å². The van der Waals surface area contributed by atoms with Crippen molar-refractivity contribution in [3.05, 3.63) is 28.3 Å². The third kappa shape index (κ3) is 8.12. The Hall–Kier alpha value is -2.32. The highest BCUT2D eigenvalue weighted by Crippen LogP contribution is 2.30. The van der Waals surface area contributed by atoms with Crippen LogP contribution in [-0.4, -0.2) is 77.0 Å². The van der Waals surface area contributed by atoms with Crippen molar-refractivity contribution in [2.75, 3.05) is 38.0 Å². The van der Waals surface area contributed by atoms with E-state index in [2.05, 4.69) is 22.0 Å². The van der Waals surface area contributed by atoms with E-state index in [-0.39, 0.29) is 29.9 Å². The van der Waals surface area contributed by atoms with Gasteiger partial charge in [-0.2, -0.15) is 0 Å². The molecule has 3 fully saturated rings. The molecule has 1 saturated carbocycles. The molecular formula is C31H47ClN4O4. The first-order valence-corrected chi connectivity index (χ1v) is 15.4. The minimum Gasteiger partial charge on any atom is -0.444 e. The molecule has 1 N–H and O–H groups in total. The molecule has 2 heterocycles. The van der Waals surface area contributed by atoms with Crippen molar-refractivity contribution >= 4 is 35.2 Å². The number of carbonyl (C=O) groups excluding carboxylic acids is 3. The number of piperidine rings is 1. The van der Waals surface area contributed by atoms with E-state index in [1.807, 2.05) is 39.8 Å². The quantitative estimate of drug-likeness (QED) is 0.461. The van der Waals surface area contributed by atoms with Gasteiger partial charge in [-0.05, 0) is 89.5 Å². The largest absolute Gasteiger partial charge is 0.444 e. The third-order valence-electron chi connectivity index (χ3n) is 8.59. The van der Waals surface area contributed by atoms with E-state index in [0.717, 1.165) is 68.7 Å². The minimum absolute atomic E-state index is 0.0281. The van der Waals surface area contributed by atoms with Crippen molar-refractivity contribution in [2.45, 2.75) is 97.8 Å². The number of nitrogens with one attached hydrogen (secondary N) is 1. The monoisotopic (exact) mass is 574 g/mol. The summed E-state index contributed by atoms with van der Waals surface area (Å²) in [4.78, 5) is 44.5. The number of carbonyl (C=O) groups is 3. The number of anilines is 1. The number of rotatable bonds is 6. The Balaban J connectivity index is 1.28. The summed E-state index contributed by atoms with van der Waals surface area (Å²) in [6.45, 7) is 14.1. The third-order valence-corrected chi connectivity index (χ3v) is 8.81. The standard InChI is InChI=1S/C31H47ClN4O4/c1-21-19-34(14-15-36(21)29(38)24-8-6-7-9-24)20-25-17-26(32)18-27(22(25)2)33-28(37)16-23-10-12-35(13-11-23)30(39)40-31(3,4)5/h17-18,21,23-24H,6-16,19-20H2,1-5H3,(H,33,37). The normalized spacial score (nSPS) is 21.5. The van der Waals surface area contributed by atoms with Gasteiger partial charge in [-0.25, -0.2) is 4.79 Å². The predicted molar refractivity (Wildman–Crippen MR) is 158 cm³/mol. The van der Waals surface area contributed by atoms with Crippen LogP contribution in [0.1, 0.15) is 83.8 Å². The fourth-order valence-electron chi connectivity index (χ4n) is 6.29. The van der Waals surface area contributed by atoms with Crippen molar-refractivity contribution in [1.82, 2.24) is 14.7 Å². The van der Waals surface area contributed by atoms with Gasteiger partial charge in [0.05, 0.1) is 0 Å². The number of piperazine rings is 1. The maximum absolute atomic E-state index is 13.0. The maximum Gasteiger partial charge on any atom is 0.410 e. The second-order valence-electron chi connectivity index (χ2n) is 13.0. The van der Waals surface area contributed by atoms with E-state index in [1.165, 1.54) is 12.8 Å². The molecule has 40 heavy (non-hydrogen) atoms. The summed E-state index contributed by atoms with van der Waals surface area (Å²) in [5.41, 5.74) is 2.36. The fourth-order valence-corrected chi connectivity index (χ4v) is 6.53. The number of amides is 3. The first kappa shape index (κ1) is 30.6. The van der Waals surface area contributed by atoms with Gasteiger partial charge in [0.2, 0.25) is 11.8 Å². The van der Waals surface area contributed by atoms with Gasteiger partial charge in [-0.3, -0.25) is 14.5 Å². The van der Waals surface area contributed by atoms with Crippen LogP contribution in [0.5, 0.6) is 0 Å². The van der Waals surface area contributed by atoms with Crippen LogP contribution in [0.3, 0.4) is 0 Å². The molecule has 3 amide bonds. The smallest absolute Gasteiger partial charge is 0.410 e. The summed E-state index contributed by atoms with van der Waals surface area (Å²) in [7, 11) is 0. The van der Waals surface area contributed by atoms with Crippen LogP contribution < -0.4 is 5.32 Å². The Morgan fingerprint density at radius 3 is 2.33 bits per heavy atom. The zero-order valence-corrected chi connectivity index (χ0v) is 25.7. The molecule has 0 bridgehead atoms. The number of likely N-dealkylation sites (tertiary alicyclic amines) is 1. The van der Waals surface area contributed by atoms with Gasteiger partial charge in [0.25, 0.3) is 0 Å². The molecule has 4 rings (SSSR count). The number of halogens is 1. The number of hydrogen-bond acceptors (Lipinski definition) is 5. The number of hydrogen-bond donors (Lipinski definition) is 1. The SMILES string of the molecule is Cc1c(CN2CCN(C(=O)C3CCCC3)C(C)C2)cc(Cl)cc1NC(=O)CC1CCN(C(=O)OC(C)(C)C)CC1. The molecule has 1 unspecified atom stereocenters. The molecular weight excluding hydrogens is 528 g/mol. The number of benzene rings is 1. The van der Waals surface area contributed by atoms with E-state index < -0.39 is 5.60 Å². The Kier molecular flexibility index (Phi) is 10.0. The molecule has 0 aromatic heterocycles. The van der Waals surface area contributed by atoms with E-state index in [0.29, 0.717) is 30.4 Å². The van der Waals surface area contributed by atoms with Crippen LogP contribution in [0.15, 0.2) is 12.1 Å². The molecule has 1 aromatic rings. The first-order chi connectivity index (χ1) is 18.9. The fraction of sp³-hybridized carbons (Fsp3) is 0.710. The highest BCUT2D eigenvalue weighted by molar-refractivity contribution is 6.31. The van der Waals surface area contributed by atoms with E-state index in [4.69, 9.17) is 16.3 Å². The van der Waals surface area contributed by atoms with Crippen LogP contribution in [0.4, 0.5) is 10.5 Å².